The molecule has 0 bridgehead atoms. The highest BCUT2D eigenvalue weighted by Crippen LogP contribution is 2.16. The molecule has 0 spiro atoms. The SMILES string of the molecule is C=CCn1c(C)cn2c3c(=O)n([C@@H](C)C(C)=O)c(=O)n(C)c3nc12. The number of rotatable bonds is 4. The maximum Gasteiger partial charge on any atom is 0.333 e. The molecular weight excluding hydrogens is 310 g/mol. The van der Waals surface area contributed by atoms with E-state index in [1.807, 2.05) is 11.5 Å². The fourth-order valence-electron chi connectivity index (χ4n) is 2.90. The van der Waals surface area contributed by atoms with Crippen LogP contribution in [0.3, 0.4) is 0 Å². The third-order valence-corrected chi connectivity index (χ3v) is 4.38. The van der Waals surface area contributed by atoms with E-state index in [1.54, 1.807) is 30.6 Å². The fraction of sp³-hybridized carbons (Fsp3) is 0.375. The number of ketones is 1. The van der Waals surface area contributed by atoms with Gasteiger partial charge in [-0.3, -0.25) is 18.6 Å². The van der Waals surface area contributed by atoms with Crippen LogP contribution in [0.1, 0.15) is 25.6 Å². The number of imidazole rings is 2. The monoisotopic (exact) mass is 329 g/mol. The molecule has 0 saturated heterocycles. The third-order valence-electron chi connectivity index (χ3n) is 4.38. The molecule has 0 aliphatic carbocycles. The van der Waals surface area contributed by atoms with Gasteiger partial charge in [0.1, 0.15) is 0 Å². The van der Waals surface area contributed by atoms with Crippen LogP contribution in [0.15, 0.2) is 28.4 Å². The van der Waals surface area contributed by atoms with E-state index < -0.39 is 17.3 Å². The van der Waals surface area contributed by atoms with Gasteiger partial charge in [-0.25, -0.2) is 9.36 Å². The van der Waals surface area contributed by atoms with Gasteiger partial charge in [0.25, 0.3) is 5.56 Å². The topological polar surface area (TPSA) is 83.3 Å². The van der Waals surface area contributed by atoms with E-state index in [1.165, 1.54) is 11.5 Å². The van der Waals surface area contributed by atoms with Gasteiger partial charge in [0.05, 0.1) is 6.04 Å². The Bertz CT molecular complexity index is 1110. The van der Waals surface area contributed by atoms with E-state index >= 15 is 0 Å². The van der Waals surface area contributed by atoms with Crippen LogP contribution in [0.2, 0.25) is 0 Å². The highest BCUT2D eigenvalue weighted by molar-refractivity contribution is 5.80. The second-order valence-corrected chi connectivity index (χ2v) is 5.93. The molecule has 0 unspecified atom stereocenters. The minimum Gasteiger partial charge on any atom is -0.310 e. The number of carbonyl (C=O) groups excluding carboxylic acids is 1. The lowest BCUT2D eigenvalue weighted by atomic mass is 10.2. The molecular formula is C16H19N5O3. The van der Waals surface area contributed by atoms with Crippen molar-refractivity contribution in [1.29, 1.82) is 0 Å². The van der Waals surface area contributed by atoms with Crippen LogP contribution in [0, 0.1) is 6.92 Å². The molecule has 0 radical (unpaired) electrons. The molecule has 126 valence electrons. The van der Waals surface area contributed by atoms with Crippen LogP contribution in [-0.2, 0) is 18.4 Å². The van der Waals surface area contributed by atoms with Crippen molar-refractivity contribution in [2.24, 2.45) is 7.05 Å². The van der Waals surface area contributed by atoms with E-state index in [4.69, 9.17) is 0 Å². The van der Waals surface area contributed by atoms with Crippen molar-refractivity contribution < 1.29 is 4.79 Å². The van der Waals surface area contributed by atoms with Crippen molar-refractivity contribution >= 4 is 22.7 Å². The van der Waals surface area contributed by atoms with Gasteiger partial charge >= 0.3 is 5.69 Å². The standard InChI is InChI=1S/C16H19N5O3/c1-6-7-19-9(2)8-20-12-13(17-15(19)20)18(5)16(24)21(14(12)23)10(3)11(4)22/h6,8,10H,1,7H2,2-5H3/t10-/m0/s1. The van der Waals surface area contributed by atoms with Crippen molar-refractivity contribution in [2.45, 2.75) is 33.4 Å². The summed E-state index contributed by atoms with van der Waals surface area (Å²) in [6.45, 7) is 9.08. The first-order valence-corrected chi connectivity index (χ1v) is 7.60. The first-order chi connectivity index (χ1) is 11.3. The molecule has 3 heterocycles. The molecule has 0 aliphatic heterocycles. The number of allylic oxidation sites excluding steroid dienone is 1. The van der Waals surface area contributed by atoms with Gasteiger partial charge in [-0.1, -0.05) is 6.08 Å². The molecule has 0 aliphatic rings. The molecule has 0 fully saturated rings. The number of Topliss-reactive ketones (excluding diaryl/α,β-unsaturated/α-hetero) is 1. The highest BCUT2D eigenvalue weighted by Gasteiger charge is 2.23. The second kappa shape index (κ2) is 5.33. The Labute approximate surface area is 137 Å². The Hall–Kier alpha value is -2.90. The maximum absolute atomic E-state index is 12.9. The number of nitrogens with zero attached hydrogens (tertiary/aromatic N) is 5. The quantitative estimate of drug-likeness (QED) is 0.663. The highest BCUT2D eigenvalue weighted by atomic mass is 16.2. The van der Waals surface area contributed by atoms with Gasteiger partial charge < -0.3 is 4.57 Å². The molecule has 0 amide bonds. The zero-order valence-corrected chi connectivity index (χ0v) is 14.1. The summed E-state index contributed by atoms with van der Waals surface area (Å²) in [5, 5.41) is 0. The minimum atomic E-state index is -0.831. The Morgan fingerprint density at radius 2 is 2.08 bits per heavy atom. The number of fused-ring (bicyclic) bond motifs is 3. The minimum absolute atomic E-state index is 0.255. The van der Waals surface area contributed by atoms with Crippen LogP contribution < -0.4 is 11.2 Å². The average molecular weight is 329 g/mol. The van der Waals surface area contributed by atoms with Crippen molar-refractivity contribution in [2.75, 3.05) is 0 Å². The zero-order valence-electron chi connectivity index (χ0n) is 14.1. The largest absolute Gasteiger partial charge is 0.333 e. The summed E-state index contributed by atoms with van der Waals surface area (Å²) in [5.41, 5.74) is 0.427. The number of carbonyl (C=O) groups is 1. The lowest BCUT2D eigenvalue weighted by Gasteiger charge is -2.12. The normalized spacial score (nSPS) is 12.8. The van der Waals surface area contributed by atoms with Crippen molar-refractivity contribution in [3.63, 3.8) is 0 Å². The Morgan fingerprint density at radius 1 is 1.42 bits per heavy atom. The summed E-state index contributed by atoms with van der Waals surface area (Å²) in [6, 6.07) is -0.831. The molecule has 3 aromatic heterocycles. The second-order valence-electron chi connectivity index (χ2n) is 5.93. The molecule has 3 rings (SSSR count). The summed E-state index contributed by atoms with van der Waals surface area (Å²) in [4.78, 5) is 41.6. The molecule has 0 N–H and O–H groups in total. The van der Waals surface area contributed by atoms with Crippen molar-refractivity contribution in [1.82, 2.24) is 23.1 Å². The molecule has 0 aromatic carbocycles. The fourth-order valence-corrected chi connectivity index (χ4v) is 2.90. The van der Waals surface area contributed by atoms with E-state index in [9.17, 15) is 14.4 Å². The summed E-state index contributed by atoms with van der Waals surface area (Å²) in [7, 11) is 1.55. The molecule has 24 heavy (non-hydrogen) atoms. The Kier molecular flexibility index (Phi) is 3.55. The predicted octanol–water partition coefficient (Wildman–Crippen LogP) is 0.794. The van der Waals surface area contributed by atoms with E-state index in [0.717, 1.165) is 10.3 Å². The smallest absolute Gasteiger partial charge is 0.310 e. The first kappa shape index (κ1) is 16.0. The van der Waals surface area contributed by atoms with Crippen LogP contribution in [0.5, 0.6) is 0 Å². The van der Waals surface area contributed by atoms with E-state index in [0.29, 0.717) is 18.0 Å². The van der Waals surface area contributed by atoms with Gasteiger partial charge in [-0.05, 0) is 20.8 Å². The van der Waals surface area contributed by atoms with Crippen LogP contribution in [0.4, 0.5) is 0 Å². The lowest BCUT2D eigenvalue weighted by molar-refractivity contribution is -0.119. The molecule has 8 nitrogen and oxygen atoms in total. The number of aryl methyl sites for hydroxylation is 2. The van der Waals surface area contributed by atoms with Gasteiger partial charge in [0.2, 0.25) is 5.78 Å². The summed E-state index contributed by atoms with van der Waals surface area (Å²) in [5.74, 6) is 0.303. The van der Waals surface area contributed by atoms with Gasteiger partial charge in [0.15, 0.2) is 16.9 Å². The third kappa shape index (κ3) is 1.99. The Morgan fingerprint density at radius 3 is 2.67 bits per heavy atom. The first-order valence-electron chi connectivity index (χ1n) is 7.60. The maximum atomic E-state index is 12.9. The van der Waals surface area contributed by atoms with E-state index in [-0.39, 0.29) is 11.3 Å². The van der Waals surface area contributed by atoms with E-state index in [2.05, 4.69) is 11.6 Å². The van der Waals surface area contributed by atoms with Gasteiger partial charge in [-0.15, -0.1) is 6.58 Å². The van der Waals surface area contributed by atoms with Crippen LogP contribution in [0.25, 0.3) is 16.9 Å². The molecule has 8 heteroatoms. The van der Waals surface area contributed by atoms with Crippen molar-refractivity contribution in [3.05, 3.63) is 45.4 Å². The predicted molar refractivity (Wildman–Crippen MR) is 90.5 cm³/mol. The molecule has 3 aromatic rings. The van der Waals surface area contributed by atoms with Crippen LogP contribution >= 0.6 is 0 Å². The number of hydrogen-bond acceptors (Lipinski definition) is 4. The zero-order chi connectivity index (χ0) is 17.8. The van der Waals surface area contributed by atoms with Gasteiger partial charge in [0, 0.05) is 25.5 Å². The summed E-state index contributed by atoms with van der Waals surface area (Å²) in [6.07, 6.45) is 3.53. The molecule has 0 saturated carbocycles. The van der Waals surface area contributed by atoms with Crippen LogP contribution in [-0.4, -0.2) is 28.9 Å². The molecule has 1 atom stereocenters. The lowest BCUT2D eigenvalue weighted by Crippen LogP contribution is -2.42. The average Bonchev–Trinajstić information content (AvgIpc) is 3.02. The van der Waals surface area contributed by atoms with Crippen molar-refractivity contribution in [3.8, 4) is 0 Å². The van der Waals surface area contributed by atoms with Gasteiger partial charge in [-0.2, -0.15) is 4.98 Å². The Balaban J connectivity index is 2.52. The number of aromatic nitrogens is 5. The summed E-state index contributed by atoms with van der Waals surface area (Å²) >= 11 is 0. The number of hydrogen-bond donors (Lipinski definition) is 0. The summed E-state index contributed by atoms with van der Waals surface area (Å²) < 4.78 is 5.85.